The van der Waals surface area contributed by atoms with Crippen molar-refractivity contribution in [3.63, 3.8) is 0 Å². The summed E-state index contributed by atoms with van der Waals surface area (Å²) < 4.78 is 18.6. The second-order valence-corrected chi connectivity index (χ2v) is 8.46. The van der Waals surface area contributed by atoms with Crippen molar-refractivity contribution in [2.24, 2.45) is 7.05 Å². The van der Waals surface area contributed by atoms with Gasteiger partial charge in [0.15, 0.2) is 5.78 Å². The molecule has 1 atom stereocenters. The summed E-state index contributed by atoms with van der Waals surface area (Å²) in [6.45, 7) is 0.867. The van der Waals surface area contributed by atoms with Gasteiger partial charge in [-0.05, 0) is 36.4 Å². The Morgan fingerprint density at radius 2 is 1.91 bits per heavy atom. The number of para-hydroxylation sites is 1. The smallest absolute Gasteiger partial charge is 0.272 e. The van der Waals surface area contributed by atoms with Gasteiger partial charge in [-0.1, -0.05) is 12.1 Å². The lowest BCUT2D eigenvalue weighted by atomic mass is 9.89. The van der Waals surface area contributed by atoms with E-state index in [0.717, 1.165) is 5.56 Å². The van der Waals surface area contributed by atoms with E-state index in [1.807, 2.05) is 36.4 Å². The third kappa shape index (κ3) is 3.61. The van der Waals surface area contributed by atoms with Gasteiger partial charge in [-0.3, -0.25) is 14.3 Å². The monoisotopic (exact) mass is 447 g/mol. The number of methoxy groups -OCH3 is 2. The Kier molecular flexibility index (Phi) is 5.08. The third-order valence-electron chi connectivity index (χ3n) is 6.38. The van der Waals surface area contributed by atoms with E-state index >= 15 is 0 Å². The number of nitrogens with zero attached hydrogens (tertiary/aromatic N) is 3. The van der Waals surface area contributed by atoms with E-state index < -0.39 is 5.60 Å². The number of likely N-dealkylation sites (tertiary alicyclic amines) is 1. The molecule has 170 valence electrons. The molecule has 0 bridgehead atoms. The van der Waals surface area contributed by atoms with Crippen LogP contribution in [-0.4, -0.2) is 59.3 Å². The number of ether oxygens (including phenoxy) is 3. The molecule has 3 aromatic rings. The van der Waals surface area contributed by atoms with Gasteiger partial charge in [0.2, 0.25) is 0 Å². The topological polar surface area (TPSA) is 82.9 Å². The van der Waals surface area contributed by atoms with Gasteiger partial charge in [0.1, 0.15) is 28.5 Å². The zero-order valence-corrected chi connectivity index (χ0v) is 18.8. The Bertz CT molecular complexity index is 1250. The van der Waals surface area contributed by atoms with Gasteiger partial charge in [-0.2, -0.15) is 5.10 Å². The van der Waals surface area contributed by atoms with E-state index in [0.29, 0.717) is 53.7 Å². The van der Waals surface area contributed by atoms with Crippen LogP contribution in [0, 0.1) is 0 Å². The van der Waals surface area contributed by atoms with E-state index in [1.165, 1.54) is 0 Å². The first-order chi connectivity index (χ1) is 15.9. The summed E-state index contributed by atoms with van der Waals surface area (Å²) in [5, 5.41) is 4.55. The van der Waals surface area contributed by atoms with Crippen molar-refractivity contribution in [3.05, 3.63) is 59.8 Å². The maximum absolute atomic E-state index is 13.4. The SMILES string of the molecule is COc1ccc(OC)c(-c2cc(C(=O)N3CCC4(CC(=O)c5ccccc5O4)C3)n(C)n2)c1. The third-order valence-corrected chi connectivity index (χ3v) is 6.38. The van der Waals surface area contributed by atoms with Gasteiger partial charge in [0.05, 0.1) is 38.4 Å². The van der Waals surface area contributed by atoms with Crippen molar-refractivity contribution in [2.45, 2.75) is 18.4 Å². The molecular formula is C25H25N3O5. The van der Waals surface area contributed by atoms with Crippen LogP contribution in [0.4, 0.5) is 0 Å². The molecule has 0 aliphatic carbocycles. The van der Waals surface area contributed by atoms with Crippen LogP contribution in [0.3, 0.4) is 0 Å². The molecule has 1 spiro atoms. The minimum atomic E-state index is -0.682. The van der Waals surface area contributed by atoms with Crippen molar-refractivity contribution in [1.82, 2.24) is 14.7 Å². The predicted molar refractivity (Wildman–Crippen MR) is 121 cm³/mol. The largest absolute Gasteiger partial charge is 0.497 e. The molecule has 8 nitrogen and oxygen atoms in total. The maximum Gasteiger partial charge on any atom is 0.272 e. The van der Waals surface area contributed by atoms with E-state index in [2.05, 4.69) is 5.10 Å². The Morgan fingerprint density at radius 3 is 2.70 bits per heavy atom. The van der Waals surface area contributed by atoms with Gasteiger partial charge in [0, 0.05) is 25.6 Å². The number of hydrogen-bond acceptors (Lipinski definition) is 6. The van der Waals surface area contributed by atoms with Gasteiger partial charge in [-0.15, -0.1) is 0 Å². The molecule has 0 radical (unpaired) electrons. The molecule has 2 aliphatic heterocycles. The molecule has 1 aromatic heterocycles. The summed E-state index contributed by atoms with van der Waals surface area (Å²) in [6, 6.07) is 14.5. The first-order valence-corrected chi connectivity index (χ1v) is 10.8. The number of Topliss-reactive ketones (excluding diaryl/α,β-unsaturated/α-hetero) is 1. The number of ketones is 1. The van der Waals surface area contributed by atoms with Crippen LogP contribution < -0.4 is 14.2 Å². The van der Waals surface area contributed by atoms with Crippen LogP contribution in [0.2, 0.25) is 0 Å². The second kappa shape index (κ2) is 7.95. The van der Waals surface area contributed by atoms with Gasteiger partial charge >= 0.3 is 0 Å². The highest BCUT2D eigenvalue weighted by Gasteiger charge is 2.47. The minimum Gasteiger partial charge on any atom is -0.497 e. The number of aryl methyl sites for hydroxylation is 1. The fourth-order valence-electron chi connectivity index (χ4n) is 4.66. The number of carbonyl (C=O) groups excluding carboxylic acids is 2. The highest BCUT2D eigenvalue weighted by atomic mass is 16.5. The number of carbonyl (C=O) groups is 2. The van der Waals surface area contributed by atoms with E-state index in [-0.39, 0.29) is 18.1 Å². The fourth-order valence-corrected chi connectivity index (χ4v) is 4.66. The lowest BCUT2D eigenvalue weighted by Gasteiger charge is -2.34. The average molecular weight is 447 g/mol. The molecule has 33 heavy (non-hydrogen) atoms. The minimum absolute atomic E-state index is 0.0547. The molecule has 1 amide bonds. The number of benzene rings is 2. The zero-order chi connectivity index (χ0) is 23.2. The summed E-state index contributed by atoms with van der Waals surface area (Å²) in [6.07, 6.45) is 0.874. The fraction of sp³-hybridized carbons (Fsp3) is 0.320. The van der Waals surface area contributed by atoms with Crippen LogP contribution in [0.25, 0.3) is 11.3 Å². The quantitative estimate of drug-likeness (QED) is 0.610. The Labute approximate surface area is 191 Å². The summed E-state index contributed by atoms with van der Waals surface area (Å²) in [4.78, 5) is 27.9. The van der Waals surface area contributed by atoms with Crippen molar-refractivity contribution < 1.29 is 23.8 Å². The van der Waals surface area contributed by atoms with Crippen molar-refractivity contribution in [2.75, 3.05) is 27.3 Å². The van der Waals surface area contributed by atoms with Crippen molar-refractivity contribution >= 4 is 11.7 Å². The Hall–Kier alpha value is -3.81. The highest BCUT2D eigenvalue weighted by molar-refractivity contribution is 6.00. The number of amides is 1. The molecular weight excluding hydrogens is 422 g/mol. The summed E-state index contributed by atoms with van der Waals surface area (Å²) >= 11 is 0. The molecule has 8 heteroatoms. The van der Waals surface area contributed by atoms with Crippen molar-refractivity contribution in [1.29, 1.82) is 0 Å². The predicted octanol–water partition coefficient (Wildman–Crippen LogP) is 3.35. The van der Waals surface area contributed by atoms with Crippen LogP contribution in [-0.2, 0) is 7.05 Å². The molecule has 1 saturated heterocycles. The summed E-state index contributed by atoms with van der Waals surface area (Å²) in [7, 11) is 4.93. The van der Waals surface area contributed by atoms with Gasteiger partial charge in [-0.25, -0.2) is 0 Å². The van der Waals surface area contributed by atoms with Crippen LogP contribution in [0.1, 0.15) is 33.7 Å². The molecule has 1 fully saturated rings. The Morgan fingerprint density at radius 1 is 1.09 bits per heavy atom. The molecule has 2 aliphatic rings. The number of aromatic nitrogens is 2. The van der Waals surface area contributed by atoms with Crippen LogP contribution in [0.15, 0.2) is 48.5 Å². The zero-order valence-electron chi connectivity index (χ0n) is 18.8. The molecule has 3 heterocycles. The lowest BCUT2D eigenvalue weighted by Crippen LogP contribution is -2.45. The Balaban J connectivity index is 1.40. The number of rotatable bonds is 4. The normalized spacial score (nSPS) is 19.4. The van der Waals surface area contributed by atoms with Crippen molar-refractivity contribution in [3.8, 4) is 28.5 Å². The summed E-state index contributed by atoms with van der Waals surface area (Å²) in [5.74, 6) is 1.81. The van der Waals surface area contributed by atoms with Gasteiger partial charge < -0.3 is 19.1 Å². The number of hydrogen-bond donors (Lipinski definition) is 0. The maximum atomic E-state index is 13.4. The summed E-state index contributed by atoms with van der Waals surface area (Å²) in [5.41, 5.74) is 1.73. The van der Waals surface area contributed by atoms with E-state index in [9.17, 15) is 9.59 Å². The van der Waals surface area contributed by atoms with E-state index in [4.69, 9.17) is 14.2 Å². The van der Waals surface area contributed by atoms with Gasteiger partial charge in [0.25, 0.3) is 5.91 Å². The lowest BCUT2D eigenvalue weighted by molar-refractivity contribution is 0.0426. The number of fused-ring (bicyclic) bond motifs is 1. The van der Waals surface area contributed by atoms with Crippen LogP contribution in [0.5, 0.6) is 17.2 Å². The second-order valence-electron chi connectivity index (χ2n) is 8.46. The first-order valence-electron chi connectivity index (χ1n) is 10.8. The molecule has 1 unspecified atom stereocenters. The molecule has 0 saturated carbocycles. The van der Waals surface area contributed by atoms with Crippen LogP contribution >= 0.6 is 0 Å². The molecule has 0 N–H and O–H groups in total. The molecule has 5 rings (SSSR count). The highest BCUT2D eigenvalue weighted by Crippen LogP contribution is 2.39. The van der Waals surface area contributed by atoms with E-state index in [1.54, 1.807) is 43.0 Å². The average Bonchev–Trinajstić information content (AvgIpc) is 3.41. The first kappa shape index (κ1) is 21.1. The molecule has 2 aromatic carbocycles. The standard InChI is InChI=1S/C25H25N3O5/c1-27-20(13-19(26-27)18-12-16(31-2)8-9-22(18)32-3)24(30)28-11-10-25(15-28)14-21(29)17-6-4-5-7-23(17)33-25/h4-9,12-13H,10-11,14-15H2,1-3H3.